The van der Waals surface area contributed by atoms with Crippen molar-refractivity contribution in [3.05, 3.63) is 48.6 Å². The van der Waals surface area contributed by atoms with Crippen LogP contribution in [0.4, 0.5) is 0 Å². The summed E-state index contributed by atoms with van der Waals surface area (Å²) in [5, 5.41) is 23.3. The van der Waals surface area contributed by atoms with E-state index in [-0.39, 0.29) is 18.5 Å². The lowest BCUT2D eigenvalue weighted by Gasteiger charge is -2.22. The zero-order valence-corrected chi connectivity index (χ0v) is 48.2. The Kier molecular flexibility index (Phi) is 59.5. The standard InChI is InChI=1S/C66H123NO5/c1-3-5-7-9-11-13-15-17-19-20-29-32-36-40-44-48-52-56-60-66(71)72-61-57-53-49-45-41-37-33-30-27-25-23-21-22-24-26-28-31-35-39-43-47-51-55-59-65(70)67-63(62-68)64(69)58-54-50-46-42-38-34-18-16-14-12-10-8-6-4-2/h13,15,19-21,23-24,26,63-64,68-69H,3-12,14,16-18,22,25,27-62H2,1-2H3,(H,67,70)/b15-13-,20-19-,23-21-,26-24-. The van der Waals surface area contributed by atoms with Crippen LogP contribution in [0.25, 0.3) is 0 Å². The van der Waals surface area contributed by atoms with Crippen LogP contribution in [0, 0.1) is 0 Å². The van der Waals surface area contributed by atoms with Crippen LogP contribution in [0.1, 0.15) is 335 Å². The lowest BCUT2D eigenvalue weighted by atomic mass is 10.0. The summed E-state index contributed by atoms with van der Waals surface area (Å²) in [7, 11) is 0. The van der Waals surface area contributed by atoms with Crippen molar-refractivity contribution in [2.45, 2.75) is 347 Å². The van der Waals surface area contributed by atoms with Crippen molar-refractivity contribution in [3.63, 3.8) is 0 Å². The fourth-order valence-corrected chi connectivity index (χ4v) is 9.70. The van der Waals surface area contributed by atoms with Gasteiger partial charge in [-0.3, -0.25) is 9.59 Å². The molecule has 0 aliphatic rings. The maximum Gasteiger partial charge on any atom is 0.305 e. The van der Waals surface area contributed by atoms with Crippen LogP contribution in [0.2, 0.25) is 0 Å². The van der Waals surface area contributed by atoms with Gasteiger partial charge in [-0.1, -0.05) is 281 Å². The summed E-state index contributed by atoms with van der Waals surface area (Å²) < 4.78 is 5.49. The minimum absolute atomic E-state index is 0.000407. The highest BCUT2D eigenvalue weighted by molar-refractivity contribution is 5.76. The van der Waals surface area contributed by atoms with Gasteiger partial charge in [-0.2, -0.15) is 0 Å². The molecule has 0 radical (unpaired) electrons. The molecule has 6 heteroatoms. The van der Waals surface area contributed by atoms with Gasteiger partial charge < -0.3 is 20.3 Å². The minimum Gasteiger partial charge on any atom is -0.466 e. The largest absolute Gasteiger partial charge is 0.466 e. The van der Waals surface area contributed by atoms with Crippen LogP contribution in [-0.2, 0) is 14.3 Å². The van der Waals surface area contributed by atoms with E-state index in [1.807, 2.05) is 0 Å². The molecule has 6 nitrogen and oxygen atoms in total. The molecule has 0 aromatic heterocycles. The summed E-state index contributed by atoms with van der Waals surface area (Å²) in [6, 6.07) is -0.550. The molecular formula is C66H123NO5. The summed E-state index contributed by atoms with van der Waals surface area (Å²) in [5.74, 6) is -0.0454. The number of aliphatic hydroxyl groups excluding tert-OH is 2. The number of esters is 1. The van der Waals surface area contributed by atoms with Gasteiger partial charge in [-0.15, -0.1) is 0 Å². The van der Waals surface area contributed by atoms with E-state index in [9.17, 15) is 19.8 Å². The molecule has 0 fully saturated rings. The highest BCUT2D eigenvalue weighted by Crippen LogP contribution is 2.17. The second-order valence-corrected chi connectivity index (χ2v) is 21.7. The Labute approximate surface area is 448 Å². The molecule has 422 valence electrons. The number of aliphatic hydroxyl groups is 2. The van der Waals surface area contributed by atoms with E-state index in [0.29, 0.717) is 25.9 Å². The molecular weight excluding hydrogens is 887 g/mol. The SMILES string of the molecule is CCCCCC/C=C\C/C=C\CCCCCCCCCC(=O)OCCCCCCCCCCC/C=C\C/C=C\CCCCCCCCCC(=O)NC(CO)C(O)CCCCCCCCCCCCCCCC. The van der Waals surface area contributed by atoms with Gasteiger partial charge in [0, 0.05) is 12.8 Å². The Bertz CT molecular complexity index is 1210. The predicted octanol–water partition coefficient (Wildman–Crippen LogP) is 20.1. The fourth-order valence-electron chi connectivity index (χ4n) is 9.70. The smallest absolute Gasteiger partial charge is 0.305 e. The molecule has 0 heterocycles. The number of carbonyl (C=O) groups excluding carboxylic acids is 2. The summed E-state index contributed by atoms with van der Waals surface area (Å²) in [4.78, 5) is 24.6. The van der Waals surface area contributed by atoms with E-state index in [4.69, 9.17) is 4.74 Å². The number of hydrogen-bond acceptors (Lipinski definition) is 5. The molecule has 72 heavy (non-hydrogen) atoms. The van der Waals surface area contributed by atoms with Crippen LogP contribution in [0.15, 0.2) is 48.6 Å². The van der Waals surface area contributed by atoms with Gasteiger partial charge in [-0.25, -0.2) is 0 Å². The molecule has 0 aromatic rings. The maximum atomic E-state index is 12.5. The van der Waals surface area contributed by atoms with E-state index in [1.54, 1.807) is 0 Å². The molecule has 2 unspecified atom stereocenters. The number of ether oxygens (including phenoxy) is 1. The Balaban J connectivity index is 3.44. The second-order valence-electron chi connectivity index (χ2n) is 21.7. The number of allylic oxidation sites excluding steroid dienone is 8. The Morgan fingerprint density at radius 1 is 0.389 bits per heavy atom. The lowest BCUT2D eigenvalue weighted by Crippen LogP contribution is -2.45. The van der Waals surface area contributed by atoms with Crippen molar-refractivity contribution in [1.29, 1.82) is 0 Å². The Hall–Kier alpha value is -2.18. The van der Waals surface area contributed by atoms with Crippen molar-refractivity contribution < 1.29 is 24.5 Å². The van der Waals surface area contributed by atoms with Crippen LogP contribution in [-0.4, -0.2) is 47.4 Å². The summed E-state index contributed by atoms with van der Waals surface area (Å²) in [6.45, 7) is 4.93. The summed E-state index contributed by atoms with van der Waals surface area (Å²) in [6.07, 6.45) is 78.3. The van der Waals surface area contributed by atoms with E-state index in [2.05, 4.69) is 67.8 Å². The average Bonchev–Trinajstić information content (AvgIpc) is 3.38. The maximum absolute atomic E-state index is 12.5. The van der Waals surface area contributed by atoms with Crippen LogP contribution in [0.5, 0.6) is 0 Å². The number of nitrogens with one attached hydrogen (secondary N) is 1. The molecule has 0 saturated carbocycles. The van der Waals surface area contributed by atoms with E-state index >= 15 is 0 Å². The minimum atomic E-state index is -0.671. The zero-order chi connectivity index (χ0) is 52.2. The fraction of sp³-hybridized carbons (Fsp3) is 0.848. The number of hydrogen-bond donors (Lipinski definition) is 3. The average molecular weight is 1010 g/mol. The number of rotatable bonds is 59. The summed E-state index contributed by atoms with van der Waals surface area (Å²) >= 11 is 0. The number of carbonyl (C=O) groups is 2. The molecule has 0 spiro atoms. The Morgan fingerprint density at radius 3 is 1.07 bits per heavy atom. The highest BCUT2D eigenvalue weighted by Gasteiger charge is 2.20. The predicted molar refractivity (Wildman–Crippen MR) is 315 cm³/mol. The van der Waals surface area contributed by atoms with Crippen molar-refractivity contribution >= 4 is 11.9 Å². The molecule has 0 aliphatic carbocycles. The van der Waals surface area contributed by atoms with Gasteiger partial charge in [0.05, 0.1) is 25.4 Å². The molecule has 2 atom stereocenters. The third-order valence-corrected chi connectivity index (χ3v) is 14.6. The van der Waals surface area contributed by atoms with Gasteiger partial charge >= 0.3 is 5.97 Å². The van der Waals surface area contributed by atoms with Gasteiger partial charge in [0.1, 0.15) is 0 Å². The first-order chi connectivity index (χ1) is 35.5. The molecule has 0 saturated heterocycles. The summed E-state index contributed by atoms with van der Waals surface area (Å²) in [5.41, 5.74) is 0. The van der Waals surface area contributed by atoms with Crippen LogP contribution in [0.3, 0.4) is 0 Å². The topological polar surface area (TPSA) is 95.9 Å². The third kappa shape index (κ3) is 57.1. The number of unbranched alkanes of at least 4 members (excludes halogenated alkanes) is 40. The first kappa shape index (κ1) is 69.8. The van der Waals surface area contributed by atoms with Gasteiger partial charge in [0.25, 0.3) is 0 Å². The normalized spacial score (nSPS) is 12.9. The molecule has 0 aromatic carbocycles. The monoisotopic (exact) mass is 1010 g/mol. The Morgan fingerprint density at radius 2 is 0.694 bits per heavy atom. The first-order valence-corrected chi connectivity index (χ1v) is 31.9. The van der Waals surface area contributed by atoms with Gasteiger partial charge in [0.2, 0.25) is 5.91 Å². The highest BCUT2D eigenvalue weighted by atomic mass is 16.5. The lowest BCUT2D eigenvalue weighted by molar-refractivity contribution is -0.143. The van der Waals surface area contributed by atoms with Crippen LogP contribution < -0.4 is 5.32 Å². The van der Waals surface area contributed by atoms with Crippen molar-refractivity contribution in [2.24, 2.45) is 0 Å². The van der Waals surface area contributed by atoms with E-state index in [1.165, 1.54) is 231 Å². The number of amides is 1. The van der Waals surface area contributed by atoms with E-state index < -0.39 is 12.1 Å². The molecule has 0 bridgehead atoms. The second kappa shape index (κ2) is 61.4. The third-order valence-electron chi connectivity index (χ3n) is 14.6. The van der Waals surface area contributed by atoms with Crippen LogP contribution >= 0.6 is 0 Å². The zero-order valence-electron chi connectivity index (χ0n) is 48.2. The van der Waals surface area contributed by atoms with Gasteiger partial charge in [0.15, 0.2) is 0 Å². The van der Waals surface area contributed by atoms with Crippen molar-refractivity contribution in [1.82, 2.24) is 5.32 Å². The molecule has 3 N–H and O–H groups in total. The first-order valence-electron chi connectivity index (χ1n) is 31.9. The van der Waals surface area contributed by atoms with Crippen molar-refractivity contribution in [2.75, 3.05) is 13.2 Å². The molecule has 1 amide bonds. The van der Waals surface area contributed by atoms with Crippen molar-refractivity contribution in [3.8, 4) is 0 Å². The van der Waals surface area contributed by atoms with E-state index in [0.717, 1.165) is 70.6 Å². The molecule has 0 rings (SSSR count). The quantitative estimate of drug-likeness (QED) is 0.0320. The molecule has 0 aliphatic heterocycles. The van der Waals surface area contributed by atoms with Gasteiger partial charge in [-0.05, 0) is 89.9 Å².